The summed E-state index contributed by atoms with van der Waals surface area (Å²) in [7, 11) is 0. The second kappa shape index (κ2) is 6.53. The average molecular weight is 491 g/mol. The van der Waals surface area contributed by atoms with Crippen molar-refractivity contribution in [2.45, 2.75) is 0 Å². The molecular weight excluding hydrogens is 480 g/mol. The molecule has 6 heteroatoms. The molecule has 2 rings (SSSR count). The first kappa shape index (κ1) is 15.2. The highest BCUT2D eigenvalue weighted by molar-refractivity contribution is 14.1. The van der Waals surface area contributed by atoms with Crippen LogP contribution in [0, 0.1) is 3.57 Å². The summed E-state index contributed by atoms with van der Waals surface area (Å²) in [6.45, 7) is 7.30. The van der Waals surface area contributed by atoms with E-state index in [9.17, 15) is 5.11 Å². The maximum absolute atomic E-state index is 10.2. The first-order chi connectivity index (χ1) is 9.56. The van der Waals surface area contributed by atoms with Crippen molar-refractivity contribution in [2.24, 2.45) is 0 Å². The van der Waals surface area contributed by atoms with Gasteiger partial charge in [0.1, 0.15) is 16.7 Å². The van der Waals surface area contributed by atoms with Crippen molar-refractivity contribution < 1.29 is 5.11 Å². The van der Waals surface area contributed by atoms with E-state index in [-0.39, 0.29) is 5.76 Å². The van der Waals surface area contributed by atoms with E-state index in [4.69, 9.17) is 0 Å². The number of aliphatic hydroxyl groups is 1. The molecule has 102 valence electrons. The summed E-state index contributed by atoms with van der Waals surface area (Å²) in [4.78, 5) is 1.40. The smallest absolute Gasteiger partial charge is 0.156 e. The molecule has 0 spiro atoms. The van der Waals surface area contributed by atoms with Crippen molar-refractivity contribution in [3.8, 4) is 0 Å². The molecule has 0 saturated carbocycles. The van der Waals surface area contributed by atoms with Gasteiger partial charge in [0.15, 0.2) is 5.76 Å². The molecule has 0 aliphatic rings. The number of aromatic nitrogens is 3. The quantitative estimate of drug-likeness (QED) is 0.391. The molecule has 2 aromatic rings. The maximum Gasteiger partial charge on any atom is 0.156 e. The van der Waals surface area contributed by atoms with Gasteiger partial charge in [0.2, 0.25) is 0 Å². The standard InChI is InChI=1S/C14H11I2N3O/c1-3-5-13(14(20)10(16)4-2)19-17-11-7-6-9(15)8-12(11)18-19/h3-8,20H,1-2H2/b13-5+,14-10-. The van der Waals surface area contributed by atoms with Crippen molar-refractivity contribution in [1.29, 1.82) is 0 Å². The Hall–Kier alpha value is -1.16. The Morgan fingerprint density at radius 1 is 1.25 bits per heavy atom. The van der Waals surface area contributed by atoms with Gasteiger partial charge in [-0.05, 0) is 69.5 Å². The van der Waals surface area contributed by atoms with Gasteiger partial charge in [0.25, 0.3) is 0 Å². The highest BCUT2D eigenvalue weighted by Crippen LogP contribution is 2.23. The fraction of sp³-hybridized carbons (Fsp3) is 0. The van der Waals surface area contributed by atoms with Crippen molar-refractivity contribution in [1.82, 2.24) is 15.0 Å². The topological polar surface area (TPSA) is 50.9 Å². The molecule has 1 aromatic heterocycles. The first-order valence-electron chi connectivity index (χ1n) is 5.64. The Morgan fingerprint density at radius 2 is 1.95 bits per heavy atom. The molecule has 0 radical (unpaired) electrons. The number of fused-ring (bicyclic) bond motifs is 1. The Labute approximate surface area is 143 Å². The van der Waals surface area contributed by atoms with Crippen molar-refractivity contribution in [3.63, 3.8) is 0 Å². The maximum atomic E-state index is 10.2. The lowest BCUT2D eigenvalue weighted by atomic mass is 10.3. The summed E-state index contributed by atoms with van der Waals surface area (Å²) >= 11 is 4.22. The van der Waals surface area contributed by atoms with Crippen LogP contribution in [0.1, 0.15) is 0 Å². The lowest BCUT2D eigenvalue weighted by Crippen LogP contribution is -2.04. The predicted octanol–water partition coefficient (Wildman–Crippen LogP) is 4.45. The molecular formula is C14H11I2N3O. The van der Waals surface area contributed by atoms with Crippen LogP contribution in [0.5, 0.6) is 0 Å². The average Bonchev–Trinajstić information content (AvgIpc) is 2.85. The van der Waals surface area contributed by atoms with Gasteiger partial charge in [-0.25, -0.2) is 0 Å². The molecule has 0 bridgehead atoms. The summed E-state index contributed by atoms with van der Waals surface area (Å²) < 4.78 is 1.70. The van der Waals surface area contributed by atoms with Gasteiger partial charge in [-0.1, -0.05) is 25.3 Å². The van der Waals surface area contributed by atoms with Crippen LogP contribution in [0.2, 0.25) is 0 Å². The fourth-order valence-corrected chi connectivity index (χ4v) is 2.32. The zero-order chi connectivity index (χ0) is 14.7. The number of benzene rings is 1. The first-order valence-corrected chi connectivity index (χ1v) is 7.80. The van der Waals surface area contributed by atoms with Crippen LogP contribution in [0.25, 0.3) is 16.7 Å². The van der Waals surface area contributed by atoms with E-state index in [0.29, 0.717) is 9.28 Å². The minimum Gasteiger partial charge on any atom is -0.505 e. The normalized spacial score (nSPS) is 13.2. The number of nitrogens with zero attached hydrogens (tertiary/aromatic N) is 3. The lowest BCUT2D eigenvalue weighted by Gasteiger charge is -2.05. The number of hydrogen-bond donors (Lipinski definition) is 1. The third-order valence-electron chi connectivity index (χ3n) is 2.48. The van der Waals surface area contributed by atoms with Gasteiger partial charge < -0.3 is 5.11 Å². The number of hydrogen-bond acceptors (Lipinski definition) is 3. The van der Waals surface area contributed by atoms with Crippen molar-refractivity contribution in [2.75, 3.05) is 0 Å². The summed E-state index contributed by atoms with van der Waals surface area (Å²) in [5.74, 6) is 0.0653. The molecule has 1 aromatic carbocycles. The van der Waals surface area contributed by atoms with Crippen LogP contribution in [0.3, 0.4) is 0 Å². The van der Waals surface area contributed by atoms with Crippen LogP contribution >= 0.6 is 45.2 Å². The number of allylic oxidation sites excluding steroid dienone is 5. The minimum atomic E-state index is 0.0653. The van der Waals surface area contributed by atoms with Crippen LogP contribution in [0.15, 0.2) is 58.9 Å². The molecule has 0 atom stereocenters. The van der Waals surface area contributed by atoms with Crippen molar-refractivity contribution >= 4 is 61.9 Å². The van der Waals surface area contributed by atoms with Gasteiger partial charge in [-0.15, -0.1) is 15.0 Å². The molecule has 0 unspecified atom stereocenters. The van der Waals surface area contributed by atoms with Gasteiger partial charge in [-0.2, -0.15) is 0 Å². The largest absolute Gasteiger partial charge is 0.505 e. The van der Waals surface area contributed by atoms with Gasteiger partial charge in [-0.3, -0.25) is 0 Å². The van der Waals surface area contributed by atoms with E-state index in [2.05, 4.69) is 45.9 Å². The van der Waals surface area contributed by atoms with Crippen LogP contribution in [-0.4, -0.2) is 20.1 Å². The fourth-order valence-electron chi connectivity index (χ4n) is 1.57. The Morgan fingerprint density at radius 3 is 2.60 bits per heavy atom. The minimum absolute atomic E-state index is 0.0653. The van der Waals surface area contributed by atoms with Crippen LogP contribution in [0.4, 0.5) is 0 Å². The second-order valence-corrected chi connectivity index (χ2v) is 6.22. The van der Waals surface area contributed by atoms with Gasteiger partial charge in [0.05, 0.1) is 3.58 Å². The van der Waals surface area contributed by atoms with Crippen molar-refractivity contribution in [3.05, 3.63) is 62.5 Å². The Bertz CT molecular complexity index is 744. The van der Waals surface area contributed by atoms with E-state index in [1.54, 1.807) is 18.2 Å². The summed E-state index contributed by atoms with van der Waals surface area (Å²) in [6.07, 6.45) is 4.80. The molecule has 1 N–H and O–H groups in total. The monoisotopic (exact) mass is 491 g/mol. The Kier molecular flexibility index (Phi) is 4.97. The van der Waals surface area contributed by atoms with E-state index >= 15 is 0 Å². The SMILES string of the molecule is C=C/C=C(\C(O)=C(\I)C=C)n1nc2ccc(I)cc2n1. The molecule has 0 amide bonds. The lowest BCUT2D eigenvalue weighted by molar-refractivity contribution is 0.428. The molecule has 0 aliphatic heterocycles. The Balaban J connectivity index is 2.61. The zero-order valence-electron chi connectivity index (χ0n) is 10.4. The molecule has 0 aliphatic carbocycles. The summed E-state index contributed by atoms with van der Waals surface area (Å²) in [5.41, 5.74) is 1.99. The van der Waals surface area contributed by atoms with E-state index in [1.807, 2.05) is 40.8 Å². The van der Waals surface area contributed by atoms with Gasteiger partial charge in [0, 0.05) is 3.57 Å². The van der Waals surface area contributed by atoms with E-state index in [1.165, 1.54) is 4.80 Å². The molecule has 1 heterocycles. The van der Waals surface area contributed by atoms with E-state index < -0.39 is 0 Å². The number of halogens is 2. The highest BCUT2D eigenvalue weighted by Gasteiger charge is 2.13. The highest BCUT2D eigenvalue weighted by atomic mass is 127. The third-order valence-corrected chi connectivity index (χ3v) is 4.10. The number of aliphatic hydroxyl groups excluding tert-OH is 1. The zero-order valence-corrected chi connectivity index (χ0v) is 14.7. The predicted molar refractivity (Wildman–Crippen MR) is 98.6 cm³/mol. The van der Waals surface area contributed by atoms with Gasteiger partial charge >= 0.3 is 0 Å². The molecule has 0 saturated heterocycles. The molecule has 4 nitrogen and oxygen atoms in total. The summed E-state index contributed by atoms with van der Waals surface area (Å²) in [5, 5.41) is 19.0. The second-order valence-electron chi connectivity index (χ2n) is 3.81. The summed E-state index contributed by atoms with van der Waals surface area (Å²) in [6, 6.07) is 5.79. The van der Waals surface area contributed by atoms with Crippen LogP contribution in [-0.2, 0) is 0 Å². The van der Waals surface area contributed by atoms with E-state index in [0.717, 1.165) is 14.6 Å². The molecule has 0 fully saturated rings. The third kappa shape index (κ3) is 3.11. The molecule has 20 heavy (non-hydrogen) atoms. The number of rotatable bonds is 4. The van der Waals surface area contributed by atoms with Crippen LogP contribution < -0.4 is 0 Å².